The van der Waals surface area contributed by atoms with Gasteiger partial charge in [0, 0.05) is 5.41 Å². The van der Waals surface area contributed by atoms with Crippen LogP contribution in [0.4, 0.5) is 0 Å². The van der Waals surface area contributed by atoms with Gasteiger partial charge in [-0.3, -0.25) is 0 Å². The fourth-order valence-corrected chi connectivity index (χ4v) is 3.38. The number of aliphatic hydroxyl groups is 1. The summed E-state index contributed by atoms with van der Waals surface area (Å²) >= 11 is 0. The summed E-state index contributed by atoms with van der Waals surface area (Å²) in [6.07, 6.45) is 5.29. The highest BCUT2D eigenvalue weighted by molar-refractivity contribution is 5.11. The van der Waals surface area contributed by atoms with E-state index in [9.17, 15) is 5.11 Å². The van der Waals surface area contributed by atoms with E-state index in [-0.39, 0.29) is 5.41 Å². The predicted molar refractivity (Wildman–Crippen MR) is 44.7 cm³/mol. The van der Waals surface area contributed by atoms with Gasteiger partial charge in [-0.25, -0.2) is 0 Å². The molecule has 0 amide bonds. The van der Waals surface area contributed by atoms with Crippen LogP contribution < -0.4 is 0 Å². The number of hydrogen-bond acceptors (Lipinski definition) is 2. The molecule has 0 aromatic carbocycles. The second-order valence-electron chi connectivity index (χ2n) is 5.14. The number of aliphatic hydroxyl groups excluding tert-OH is 1. The average Bonchev–Trinajstić information content (AvgIpc) is 2.86. The van der Waals surface area contributed by atoms with Crippen LogP contribution in [0.15, 0.2) is 0 Å². The van der Waals surface area contributed by atoms with Crippen molar-refractivity contribution in [2.75, 3.05) is 19.8 Å². The van der Waals surface area contributed by atoms with Crippen LogP contribution >= 0.6 is 0 Å². The molecule has 0 spiro atoms. The molecule has 2 bridgehead atoms. The zero-order valence-corrected chi connectivity index (χ0v) is 7.38. The van der Waals surface area contributed by atoms with Crippen molar-refractivity contribution in [1.82, 2.24) is 0 Å². The van der Waals surface area contributed by atoms with Gasteiger partial charge < -0.3 is 9.84 Å². The lowest BCUT2D eigenvalue weighted by molar-refractivity contribution is -0.217. The Bertz CT molecular complexity index is 202. The van der Waals surface area contributed by atoms with E-state index in [1.165, 1.54) is 25.7 Å². The van der Waals surface area contributed by atoms with Crippen molar-refractivity contribution in [2.24, 2.45) is 16.7 Å². The van der Waals surface area contributed by atoms with Gasteiger partial charge in [-0.2, -0.15) is 0 Å². The molecule has 2 heterocycles. The number of hydrogen-bond donors (Lipinski definition) is 1. The van der Waals surface area contributed by atoms with Crippen LogP contribution in [0.5, 0.6) is 0 Å². The number of fused-ring (bicyclic) bond motifs is 2. The van der Waals surface area contributed by atoms with Gasteiger partial charge in [-0.05, 0) is 37.0 Å². The van der Waals surface area contributed by atoms with Gasteiger partial charge in [0.2, 0.25) is 0 Å². The molecule has 4 aliphatic rings. The molecule has 0 unspecified atom stereocenters. The third-order valence-electron chi connectivity index (χ3n) is 4.03. The van der Waals surface area contributed by atoms with E-state index >= 15 is 0 Å². The largest absolute Gasteiger partial charge is 0.396 e. The third-order valence-corrected chi connectivity index (χ3v) is 4.03. The van der Waals surface area contributed by atoms with Crippen molar-refractivity contribution in [3.05, 3.63) is 0 Å². The van der Waals surface area contributed by atoms with Crippen LogP contribution in [0, 0.1) is 16.7 Å². The maximum Gasteiger partial charge on any atom is 0.0545 e. The van der Waals surface area contributed by atoms with E-state index in [0.29, 0.717) is 12.0 Å². The summed E-state index contributed by atoms with van der Waals surface area (Å²) in [7, 11) is 0. The van der Waals surface area contributed by atoms with Crippen LogP contribution in [-0.4, -0.2) is 24.9 Å². The second kappa shape index (κ2) is 2.05. The van der Waals surface area contributed by atoms with Gasteiger partial charge in [0.25, 0.3) is 0 Å². The van der Waals surface area contributed by atoms with Crippen molar-refractivity contribution < 1.29 is 9.84 Å². The van der Waals surface area contributed by atoms with Gasteiger partial charge in [0.05, 0.1) is 19.8 Å². The monoisotopic (exact) mass is 168 g/mol. The first-order valence-electron chi connectivity index (χ1n) is 4.97. The molecule has 2 heteroatoms. The summed E-state index contributed by atoms with van der Waals surface area (Å²) in [6, 6.07) is 0. The summed E-state index contributed by atoms with van der Waals surface area (Å²) < 4.78 is 5.57. The highest BCUT2D eigenvalue weighted by Crippen LogP contribution is 2.66. The van der Waals surface area contributed by atoms with Crippen molar-refractivity contribution in [3.63, 3.8) is 0 Å². The Morgan fingerprint density at radius 1 is 1.25 bits per heavy atom. The molecule has 2 saturated heterocycles. The Morgan fingerprint density at radius 2 is 2.00 bits per heavy atom. The van der Waals surface area contributed by atoms with E-state index in [1.807, 2.05) is 0 Å². The molecule has 2 saturated carbocycles. The molecule has 68 valence electrons. The molecule has 0 aromatic rings. The molecule has 12 heavy (non-hydrogen) atoms. The van der Waals surface area contributed by atoms with E-state index < -0.39 is 0 Å². The van der Waals surface area contributed by atoms with E-state index in [0.717, 1.165) is 19.1 Å². The quantitative estimate of drug-likeness (QED) is 0.671. The first-order valence-corrected chi connectivity index (χ1v) is 4.97. The molecule has 0 atom stereocenters. The topological polar surface area (TPSA) is 29.5 Å². The summed E-state index contributed by atoms with van der Waals surface area (Å²) in [5.74, 6) is 0.942. The van der Waals surface area contributed by atoms with Crippen molar-refractivity contribution in [3.8, 4) is 0 Å². The molecule has 0 radical (unpaired) electrons. The molecule has 2 aliphatic heterocycles. The van der Waals surface area contributed by atoms with Gasteiger partial charge in [0.15, 0.2) is 0 Å². The third kappa shape index (κ3) is 0.775. The van der Waals surface area contributed by atoms with Gasteiger partial charge in [-0.1, -0.05) is 0 Å². The summed E-state index contributed by atoms with van der Waals surface area (Å²) in [5, 5.41) is 9.22. The Kier molecular flexibility index (Phi) is 1.25. The van der Waals surface area contributed by atoms with Crippen molar-refractivity contribution in [1.29, 1.82) is 0 Å². The molecular formula is C10H16O2. The standard InChI is InChI=1S/C10H16O2/c11-5-9-3-10(4-9,7-12-6-9)8-1-2-8/h8,11H,1-7H2. The van der Waals surface area contributed by atoms with E-state index in [1.54, 1.807) is 0 Å². The molecule has 0 aromatic heterocycles. The zero-order chi connectivity index (χ0) is 8.23. The van der Waals surface area contributed by atoms with Crippen LogP contribution in [0.25, 0.3) is 0 Å². The van der Waals surface area contributed by atoms with E-state index in [4.69, 9.17) is 4.74 Å². The van der Waals surface area contributed by atoms with Crippen LogP contribution in [0.1, 0.15) is 25.7 Å². The fraction of sp³-hybridized carbons (Fsp3) is 1.00. The average molecular weight is 168 g/mol. The normalized spacial score (nSPS) is 51.8. The summed E-state index contributed by atoms with van der Waals surface area (Å²) in [5.41, 5.74) is 0.696. The maximum atomic E-state index is 9.22. The minimum Gasteiger partial charge on any atom is -0.396 e. The van der Waals surface area contributed by atoms with Crippen LogP contribution in [-0.2, 0) is 4.74 Å². The lowest BCUT2D eigenvalue weighted by atomic mass is 9.50. The lowest BCUT2D eigenvalue weighted by Gasteiger charge is -2.60. The Balaban J connectivity index is 1.78. The smallest absolute Gasteiger partial charge is 0.0545 e. The van der Waals surface area contributed by atoms with Crippen LogP contribution in [0.2, 0.25) is 0 Å². The van der Waals surface area contributed by atoms with Crippen molar-refractivity contribution >= 4 is 0 Å². The van der Waals surface area contributed by atoms with Gasteiger partial charge >= 0.3 is 0 Å². The van der Waals surface area contributed by atoms with Gasteiger partial charge in [-0.15, -0.1) is 0 Å². The highest BCUT2D eigenvalue weighted by atomic mass is 16.5. The summed E-state index contributed by atoms with van der Waals surface area (Å²) in [6.45, 7) is 2.11. The van der Waals surface area contributed by atoms with Crippen molar-refractivity contribution in [2.45, 2.75) is 25.7 Å². The number of ether oxygens (including phenoxy) is 1. The Hall–Kier alpha value is -0.0800. The first kappa shape index (κ1) is 7.34. The van der Waals surface area contributed by atoms with Gasteiger partial charge in [0.1, 0.15) is 0 Å². The SMILES string of the molecule is OCC12COCC(C3CC3)(C1)C2. The number of rotatable bonds is 2. The minimum atomic E-state index is 0.181. The Morgan fingerprint density at radius 3 is 2.58 bits per heavy atom. The first-order chi connectivity index (χ1) is 5.79. The fourth-order valence-electron chi connectivity index (χ4n) is 3.38. The molecule has 2 aliphatic carbocycles. The van der Waals surface area contributed by atoms with E-state index in [2.05, 4.69) is 0 Å². The molecule has 4 rings (SSSR count). The van der Waals surface area contributed by atoms with Crippen LogP contribution in [0.3, 0.4) is 0 Å². The molecule has 4 fully saturated rings. The molecule has 1 N–H and O–H groups in total. The minimum absolute atomic E-state index is 0.181. The molecular weight excluding hydrogens is 152 g/mol. The summed E-state index contributed by atoms with van der Waals surface area (Å²) in [4.78, 5) is 0. The molecule has 2 nitrogen and oxygen atoms in total. The Labute approximate surface area is 72.9 Å². The highest BCUT2D eigenvalue weighted by Gasteiger charge is 2.62. The zero-order valence-electron chi connectivity index (χ0n) is 7.38. The predicted octanol–water partition coefficient (Wildman–Crippen LogP) is 1.19. The lowest BCUT2D eigenvalue weighted by Crippen LogP contribution is -2.59. The maximum absolute atomic E-state index is 9.22. The second-order valence-corrected chi connectivity index (χ2v) is 5.14.